The fourth-order valence-corrected chi connectivity index (χ4v) is 2.56. The molecule has 0 radical (unpaired) electrons. The lowest BCUT2D eigenvalue weighted by atomic mass is 10.1. The van der Waals surface area contributed by atoms with Crippen LogP contribution in [0.25, 0.3) is 16.9 Å². The highest BCUT2D eigenvalue weighted by molar-refractivity contribution is 5.83. The van der Waals surface area contributed by atoms with Crippen molar-refractivity contribution in [2.24, 2.45) is 0 Å². The van der Waals surface area contributed by atoms with Gasteiger partial charge in [-0.05, 0) is 18.2 Å². The minimum atomic E-state index is -5.13. The number of benzene rings is 1. The molecule has 164 valence electrons. The van der Waals surface area contributed by atoms with Crippen molar-refractivity contribution in [3.05, 3.63) is 54.1 Å². The number of hydrogen-bond acceptors (Lipinski definition) is 4. The minimum absolute atomic E-state index is 0.239. The highest BCUT2D eigenvalue weighted by Gasteiger charge is 2.32. The zero-order valence-corrected chi connectivity index (χ0v) is 14.8. The van der Waals surface area contributed by atoms with E-state index in [1.54, 1.807) is 0 Å². The zero-order valence-electron chi connectivity index (χ0n) is 14.8. The van der Waals surface area contributed by atoms with E-state index in [2.05, 4.69) is 14.8 Å². The smallest absolute Gasteiger partial charge is 0.465 e. The first-order valence-corrected chi connectivity index (χ1v) is 8.01. The molecule has 2 aromatic heterocycles. The number of amides is 1. The number of halogens is 7. The van der Waals surface area contributed by atoms with Gasteiger partial charge in [-0.1, -0.05) is 0 Å². The van der Waals surface area contributed by atoms with Crippen molar-refractivity contribution in [2.75, 3.05) is 5.32 Å². The number of nitrogens with one attached hydrogen (secondary N) is 1. The van der Waals surface area contributed by atoms with Crippen LogP contribution in [0.5, 0.6) is 5.75 Å². The molecule has 3 aromatic rings. The Morgan fingerprint density at radius 3 is 2.35 bits per heavy atom. The molecular weight excluding hydrogens is 441 g/mol. The van der Waals surface area contributed by atoms with Crippen molar-refractivity contribution >= 4 is 11.9 Å². The number of nitrogens with zero attached hydrogens (tertiary/aromatic N) is 3. The molecular formula is C17H9F7N4O3. The van der Waals surface area contributed by atoms with E-state index < -0.39 is 35.8 Å². The molecule has 0 aliphatic rings. The monoisotopic (exact) mass is 450 g/mol. The van der Waals surface area contributed by atoms with E-state index in [4.69, 9.17) is 5.11 Å². The lowest BCUT2D eigenvalue weighted by Gasteiger charge is -2.12. The molecule has 14 heteroatoms. The topological polar surface area (TPSA) is 89.3 Å². The number of ether oxygens (including phenoxy) is 1. The summed E-state index contributed by atoms with van der Waals surface area (Å²) in [5, 5.41) is 14.5. The third-order valence-corrected chi connectivity index (χ3v) is 3.64. The predicted molar refractivity (Wildman–Crippen MR) is 90.1 cm³/mol. The largest absolute Gasteiger partial charge is 0.573 e. The summed E-state index contributed by atoms with van der Waals surface area (Å²) in [6.45, 7) is 0. The van der Waals surface area contributed by atoms with E-state index >= 15 is 0 Å². The van der Waals surface area contributed by atoms with Crippen LogP contribution < -0.4 is 10.1 Å². The van der Waals surface area contributed by atoms with Gasteiger partial charge in [0, 0.05) is 23.9 Å². The van der Waals surface area contributed by atoms with Crippen LogP contribution in [0.3, 0.4) is 0 Å². The summed E-state index contributed by atoms with van der Waals surface area (Å²) in [6.07, 6.45) is -10.0. The van der Waals surface area contributed by atoms with Crippen LogP contribution in [0.2, 0.25) is 0 Å². The molecule has 1 amide bonds. The first-order valence-electron chi connectivity index (χ1n) is 8.01. The number of carboxylic acid groups (broad SMARTS) is 1. The summed E-state index contributed by atoms with van der Waals surface area (Å²) < 4.78 is 94.9. The summed E-state index contributed by atoms with van der Waals surface area (Å²) in [5.41, 5.74) is -2.01. The molecule has 0 aliphatic heterocycles. The summed E-state index contributed by atoms with van der Waals surface area (Å²) >= 11 is 0. The van der Waals surface area contributed by atoms with Crippen molar-refractivity contribution in [3.8, 4) is 22.7 Å². The van der Waals surface area contributed by atoms with Crippen molar-refractivity contribution < 1.29 is 45.4 Å². The van der Waals surface area contributed by atoms with Gasteiger partial charge in [0.15, 0.2) is 5.82 Å². The van der Waals surface area contributed by atoms with E-state index in [0.29, 0.717) is 18.3 Å². The maximum absolute atomic E-state index is 13.9. The molecule has 3 rings (SSSR count). The average Bonchev–Trinajstić information content (AvgIpc) is 3.02. The van der Waals surface area contributed by atoms with Gasteiger partial charge in [-0.2, -0.15) is 13.2 Å². The summed E-state index contributed by atoms with van der Waals surface area (Å²) in [7, 11) is 0. The minimum Gasteiger partial charge on any atom is -0.465 e. The number of alkyl halides is 6. The summed E-state index contributed by atoms with van der Waals surface area (Å²) in [5.74, 6) is -2.48. The molecule has 2 heterocycles. The molecule has 0 saturated heterocycles. The van der Waals surface area contributed by atoms with Gasteiger partial charge in [0.05, 0.1) is 23.1 Å². The summed E-state index contributed by atoms with van der Waals surface area (Å²) in [4.78, 5) is 14.3. The van der Waals surface area contributed by atoms with Crippen molar-refractivity contribution in [1.82, 2.24) is 14.8 Å². The van der Waals surface area contributed by atoms with E-state index in [1.165, 1.54) is 0 Å². The van der Waals surface area contributed by atoms with Gasteiger partial charge in [0.1, 0.15) is 11.6 Å². The van der Waals surface area contributed by atoms with Gasteiger partial charge in [0.2, 0.25) is 0 Å². The van der Waals surface area contributed by atoms with Crippen LogP contribution in [0, 0.1) is 5.82 Å². The van der Waals surface area contributed by atoms with Gasteiger partial charge in [-0.25, -0.2) is 13.9 Å². The molecule has 1 aromatic carbocycles. The molecule has 0 spiro atoms. The highest BCUT2D eigenvalue weighted by atomic mass is 19.4. The van der Waals surface area contributed by atoms with Gasteiger partial charge >= 0.3 is 18.6 Å². The number of hydrogen-bond donors (Lipinski definition) is 2. The lowest BCUT2D eigenvalue weighted by molar-refractivity contribution is -0.274. The van der Waals surface area contributed by atoms with Crippen LogP contribution in [0.4, 0.5) is 41.3 Å². The quantitative estimate of drug-likeness (QED) is 0.542. The van der Waals surface area contributed by atoms with Gasteiger partial charge < -0.3 is 9.84 Å². The molecule has 0 fully saturated rings. The van der Waals surface area contributed by atoms with Gasteiger partial charge in [-0.15, -0.1) is 18.3 Å². The van der Waals surface area contributed by atoms with Crippen LogP contribution in [-0.4, -0.2) is 32.3 Å². The predicted octanol–water partition coefficient (Wildman–Crippen LogP) is 5.08. The number of anilines is 1. The molecule has 0 atom stereocenters. The molecule has 0 unspecified atom stereocenters. The standard InChI is InChI=1S/C17H9F7N4O3/c18-10-1-8(2-12(4-10)31-17(22,23)24)13-5-14(26-15(29)30)27-28(13)11-3-9(6-25-7-11)16(19,20)21/h1-7H,(H,26,27)(H,29,30). The fraction of sp³-hybridized carbons (Fsp3) is 0.118. The van der Waals surface area contributed by atoms with Crippen LogP contribution in [0.1, 0.15) is 5.56 Å². The SMILES string of the molecule is O=C(O)Nc1cc(-c2cc(F)cc(OC(F)(F)F)c2)n(-c2cncc(C(F)(F)F)c2)n1. The molecule has 31 heavy (non-hydrogen) atoms. The highest BCUT2D eigenvalue weighted by Crippen LogP contribution is 2.34. The van der Waals surface area contributed by atoms with Crippen molar-refractivity contribution in [1.29, 1.82) is 0 Å². The fourth-order valence-electron chi connectivity index (χ4n) is 2.56. The second-order valence-electron chi connectivity index (χ2n) is 5.91. The Labute approximate surface area is 167 Å². The maximum atomic E-state index is 13.9. The Morgan fingerprint density at radius 1 is 1.03 bits per heavy atom. The van der Waals surface area contributed by atoms with Gasteiger partial charge in [-0.3, -0.25) is 10.3 Å². The van der Waals surface area contributed by atoms with Gasteiger partial charge in [0.25, 0.3) is 0 Å². The Morgan fingerprint density at radius 2 is 1.74 bits per heavy atom. The van der Waals surface area contributed by atoms with E-state index in [1.807, 2.05) is 5.32 Å². The Balaban J connectivity index is 2.17. The van der Waals surface area contributed by atoms with Crippen LogP contribution in [-0.2, 0) is 6.18 Å². The van der Waals surface area contributed by atoms with Crippen molar-refractivity contribution in [3.63, 3.8) is 0 Å². The second kappa shape index (κ2) is 7.77. The molecule has 0 saturated carbocycles. The first kappa shape index (κ1) is 21.9. The Bertz CT molecular complexity index is 1130. The lowest BCUT2D eigenvalue weighted by Crippen LogP contribution is -2.17. The second-order valence-corrected chi connectivity index (χ2v) is 5.91. The molecule has 7 nitrogen and oxygen atoms in total. The van der Waals surface area contributed by atoms with Crippen molar-refractivity contribution in [2.45, 2.75) is 12.5 Å². The maximum Gasteiger partial charge on any atom is 0.573 e. The van der Waals surface area contributed by atoms with E-state index in [9.17, 15) is 35.5 Å². The molecule has 0 aliphatic carbocycles. The number of carbonyl (C=O) groups is 1. The Kier molecular flexibility index (Phi) is 5.48. The molecule has 2 N–H and O–H groups in total. The van der Waals surface area contributed by atoms with E-state index in [-0.39, 0.29) is 22.8 Å². The number of rotatable bonds is 4. The average molecular weight is 450 g/mol. The third kappa shape index (κ3) is 5.40. The number of pyridine rings is 1. The summed E-state index contributed by atoms with van der Waals surface area (Å²) in [6, 6.07) is 3.58. The third-order valence-electron chi connectivity index (χ3n) is 3.64. The normalized spacial score (nSPS) is 12.0. The van der Waals surface area contributed by atoms with Crippen LogP contribution >= 0.6 is 0 Å². The first-order chi connectivity index (χ1) is 14.3. The molecule has 0 bridgehead atoms. The number of aromatic nitrogens is 3. The Hall–Kier alpha value is -3.84. The zero-order chi connectivity index (χ0) is 23.0. The van der Waals surface area contributed by atoms with Crippen LogP contribution in [0.15, 0.2) is 42.7 Å². The van der Waals surface area contributed by atoms with E-state index in [0.717, 1.165) is 29.1 Å².